The molecular weight excluding hydrogens is 256 g/mol. The summed E-state index contributed by atoms with van der Waals surface area (Å²) in [5.41, 5.74) is 10.2. The van der Waals surface area contributed by atoms with Gasteiger partial charge in [-0.15, -0.1) is 11.3 Å². The Balaban J connectivity index is 2.07. The predicted octanol–water partition coefficient (Wildman–Crippen LogP) is 3.05. The molecule has 0 aliphatic carbocycles. The maximum absolute atomic E-state index is 6.01. The van der Waals surface area contributed by atoms with Crippen molar-refractivity contribution in [2.45, 2.75) is 27.3 Å². The van der Waals surface area contributed by atoms with E-state index in [0.717, 1.165) is 23.3 Å². The quantitative estimate of drug-likeness (QED) is 0.780. The topological polar surface area (TPSA) is 56.7 Å². The number of pyridine rings is 1. The summed E-state index contributed by atoms with van der Waals surface area (Å²) in [5.74, 6) is 0.525. The lowest BCUT2D eigenvalue weighted by atomic mass is 10.3. The number of nitrogen functional groups attached to an aromatic ring is 1. The second-order valence-electron chi connectivity index (χ2n) is 4.86. The van der Waals surface area contributed by atoms with E-state index in [0.29, 0.717) is 5.95 Å². The second-order valence-corrected chi connectivity index (χ2v) is 6.20. The number of imidazole rings is 1. The fourth-order valence-electron chi connectivity index (χ4n) is 2.17. The van der Waals surface area contributed by atoms with Gasteiger partial charge in [-0.1, -0.05) is 0 Å². The zero-order valence-electron chi connectivity index (χ0n) is 11.3. The lowest BCUT2D eigenvalue weighted by Crippen LogP contribution is -2.04. The summed E-state index contributed by atoms with van der Waals surface area (Å²) >= 11 is 1.80. The van der Waals surface area contributed by atoms with E-state index in [1.807, 2.05) is 23.8 Å². The van der Waals surface area contributed by atoms with Crippen LogP contribution in [0.3, 0.4) is 0 Å². The highest BCUT2D eigenvalue weighted by Gasteiger charge is 2.11. The molecular formula is C14H16N4S. The number of nitrogens with zero attached hydrogens (tertiary/aromatic N) is 3. The lowest BCUT2D eigenvalue weighted by Gasteiger charge is -2.03. The van der Waals surface area contributed by atoms with E-state index in [1.165, 1.54) is 15.3 Å². The maximum atomic E-state index is 6.01. The van der Waals surface area contributed by atoms with Crippen LogP contribution in [0.25, 0.3) is 11.2 Å². The molecule has 98 valence electrons. The summed E-state index contributed by atoms with van der Waals surface area (Å²) in [6.45, 7) is 7.01. The lowest BCUT2D eigenvalue weighted by molar-refractivity contribution is 0.840. The van der Waals surface area contributed by atoms with Gasteiger partial charge in [0.05, 0.1) is 6.54 Å². The molecule has 19 heavy (non-hydrogen) atoms. The molecule has 0 unspecified atom stereocenters. The standard InChI is InChI=1S/C14H16N4S/c1-8-4-12-13(16-6-8)18(14(15)17-12)7-11-5-9(2)10(3)19-11/h4-6H,7H2,1-3H3,(H2,15,17). The van der Waals surface area contributed by atoms with Gasteiger partial charge in [0.15, 0.2) is 5.65 Å². The van der Waals surface area contributed by atoms with Crippen molar-refractivity contribution in [3.05, 3.63) is 39.2 Å². The molecule has 0 aliphatic heterocycles. The van der Waals surface area contributed by atoms with Gasteiger partial charge in [-0.25, -0.2) is 9.97 Å². The highest BCUT2D eigenvalue weighted by molar-refractivity contribution is 7.12. The van der Waals surface area contributed by atoms with Crippen molar-refractivity contribution in [3.8, 4) is 0 Å². The van der Waals surface area contributed by atoms with Gasteiger partial charge in [0.2, 0.25) is 5.95 Å². The average molecular weight is 272 g/mol. The molecule has 3 aromatic rings. The molecule has 5 heteroatoms. The maximum Gasteiger partial charge on any atom is 0.202 e. The molecule has 0 amide bonds. The van der Waals surface area contributed by atoms with Crippen molar-refractivity contribution in [2.24, 2.45) is 0 Å². The van der Waals surface area contributed by atoms with Gasteiger partial charge in [-0.2, -0.15) is 0 Å². The van der Waals surface area contributed by atoms with E-state index in [-0.39, 0.29) is 0 Å². The molecule has 0 aromatic carbocycles. The Labute approximate surface area is 115 Å². The number of fused-ring (bicyclic) bond motifs is 1. The fourth-order valence-corrected chi connectivity index (χ4v) is 3.21. The van der Waals surface area contributed by atoms with Crippen LogP contribution < -0.4 is 5.73 Å². The largest absolute Gasteiger partial charge is 0.369 e. The van der Waals surface area contributed by atoms with E-state index < -0.39 is 0 Å². The van der Waals surface area contributed by atoms with Gasteiger partial charge in [-0.05, 0) is 44.0 Å². The van der Waals surface area contributed by atoms with Crippen LogP contribution in [0.4, 0.5) is 5.95 Å². The molecule has 3 aromatic heterocycles. The third kappa shape index (κ3) is 2.10. The first kappa shape index (κ1) is 12.2. The van der Waals surface area contributed by atoms with Gasteiger partial charge in [-0.3, -0.25) is 4.57 Å². The van der Waals surface area contributed by atoms with E-state index in [1.54, 1.807) is 11.3 Å². The number of aryl methyl sites for hydroxylation is 3. The molecule has 0 aliphatic rings. The molecule has 4 nitrogen and oxygen atoms in total. The van der Waals surface area contributed by atoms with Crippen LogP contribution in [-0.4, -0.2) is 14.5 Å². The van der Waals surface area contributed by atoms with Crippen LogP contribution in [0.2, 0.25) is 0 Å². The number of anilines is 1. The Bertz CT molecular complexity index is 735. The molecule has 3 rings (SSSR count). The Morgan fingerprint density at radius 2 is 2.05 bits per heavy atom. The van der Waals surface area contributed by atoms with Crippen LogP contribution in [-0.2, 0) is 6.54 Å². The number of hydrogen-bond donors (Lipinski definition) is 1. The molecule has 0 radical (unpaired) electrons. The normalized spacial score (nSPS) is 11.3. The van der Waals surface area contributed by atoms with E-state index in [2.05, 4.69) is 29.9 Å². The Morgan fingerprint density at radius 1 is 1.26 bits per heavy atom. The summed E-state index contributed by atoms with van der Waals surface area (Å²) in [5, 5.41) is 0. The Hall–Kier alpha value is -1.88. The number of nitrogens with two attached hydrogens (primary N) is 1. The van der Waals surface area contributed by atoms with Crippen molar-refractivity contribution in [3.63, 3.8) is 0 Å². The molecule has 0 atom stereocenters. The third-order valence-electron chi connectivity index (χ3n) is 3.28. The van der Waals surface area contributed by atoms with Crippen LogP contribution in [0.5, 0.6) is 0 Å². The average Bonchev–Trinajstić information content (AvgIpc) is 2.81. The number of aromatic nitrogens is 3. The molecule has 3 heterocycles. The molecule has 0 spiro atoms. The van der Waals surface area contributed by atoms with Crippen molar-refractivity contribution in [1.29, 1.82) is 0 Å². The zero-order chi connectivity index (χ0) is 13.6. The molecule has 2 N–H and O–H groups in total. The summed E-state index contributed by atoms with van der Waals surface area (Å²) in [6, 6.07) is 4.22. The highest BCUT2D eigenvalue weighted by atomic mass is 32.1. The van der Waals surface area contributed by atoms with Gasteiger partial charge < -0.3 is 5.73 Å². The van der Waals surface area contributed by atoms with Crippen LogP contribution in [0.1, 0.15) is 20.9 Å². The summed E-state index contributed by atoms with van der Waals surface area (Å²) < 4.78 is 1.97. The zero-order valence-corrected chi connectivity index (χ0v) is 12.1. The van der Waals surface area contributed by atoms with Crippen molar-refractivity contribution in [1.82, 2.24) is 14.5 Å². The summed E-state index contributed by atoms with van der Waals surface area (Å²) in [6.07, 6.45) is 1.85. The van der Waals surface area contributed by atoms with Gasteiger partial charge in [0, 0.05) is 16.0 Å². The number of rotatable bonds is 2. The predicted molar refractivity (Wildman–Crippen MR) is 79.6 cm³/mol. The summed E-state index contributed by atoms with van der Waals surface area (Å²) in [4.78, 5) is 11.5. The van der Waals surface area contributed by atoms with Crippen molar-refractivity contribution in [2.75, 3.05) is 5.73 Å². The van der Waals surface area contributed by atoms with Crippen molar-refractivity contribution < 1.29 is 0 Å². The first-order chi connectivity index (χ1) is 9.04. The molecule has 0 saturated carbocycles. The van der Waals surface area contributed by atoms with E-state index >= 15 is 0 Å². The van der Waals surface area contributed by atoms with Crippen LogP contribution in [0.15, 0.2) is 18.3 Å². The summed E-state index contributed by atoms with van der Waals surface area (Å²) in [7, 11) is 0. The molecule has 0 fully saturated rings. The fraction of sp³-hybridized carbons (Fsp3) is 0.286. The molecule has 0 saturated heterocycles. The van der Waals surface area contributed by atoms with Crippen LogP contribution >= 0.6 is 11.3 Å². The Morgan fingerprint density at radius 3 is 2.74 bits per heavy atom. The second kappa shape index (κ2) is 4.35. The van der Waals surface area contributed by atoms with Crippen LogP contribution in [0, 0.1) is 20.8 Å². The van der Waals surface area contributed by atoms with E-state index in [9.17, 15) is 0 Å². The van der Waals surface area contributed by atoms with Crippen molar-refractivity contribution >= 4 is 28.4 Å². The minimum atomic E-state index is 0.525. The monoisotopic (exact) mass is 272 g/mol. The molecule has 0 bridgehead atoms. The first-order valence-electron chi connectivity index (χ1n) is 6.19. The van der Waals surface area contributed by atoms with Gasteiger partial charge in [0.25, 0.3) is 0 Å². The minimum absolute atomic E-state index is 0.525. The number of hydrogen-bond acceptors (Lipinski definition) is 4. The van der Waals surface area contributed by atoms with E-state index in [4.69, 9.17) is 5.73 Å². The SMILES string of the molecule is Cc1cnc2c(c1)nc(N)n2Cc1cc(C)c(C)s1. The third-order valence-corrected chi connectivity index (χ3v) is 4.42. The van der Waals surface area contributed by atoms with Gasteiger partial charge in [0.1, 0.15) is 5.52 Å². The first-order valence-corrected chi connectivity index (χ1v) is 7.00. The van der Waals surface area contributed by atoms with Gasteiger partial charge >= 0.3 is 0 Å². The highest BCUT2D eigenvalue weighted by Crippen LogP contribution is 2.24. The smallest absolute Gasteiger partial charge is 0.202 e. The number of thiophene rings is 1. The Kier molecular flexibility index (Phi) is 2.78. The minimum Gasteiger partial charge on any atom is -0.369 e.